The zero-order valence-electron chi connectivity index (χ0n) is 12.4. The number of carboxylic acids is 1. The summed E-state index contributed by atoms with van der Waals surface area (Å²) in [6.45, 7) is 2.63. The van der Waals surface area contributed by atoms with Gasteiger partial charge in [0.15, 0.2) is 11.5 Å². The number of hydrogen-bond acceptors (Lipinski definition) is 5. The van der Waals surface area contributed by atoms with Gasteiger partial charge in [-0.3, -0.25) is 4.79 Å². The number of amides is 1. The highest BCUT2D eigenvalue weighted by atomic mass is 16.4. The average molecular weight is 304 g/mol. The Kier molecular flexibility index (Phi) is 4.22. The van der Waals surface area contributed by atoms with Crippen molar-refractivity contribution in [2.45, 2.75) is 25.7 Å². The van der Waals surface area contributed by atoms with Crippen molar-refractivity contribution in [1.29, 1.82) is 0 Å². The first-order valence-corrected chi connectivity index (χ1v) is 7.75. The first-order valence-electron chi connectivity index (χ1n) is 7.75. The average Bonchev–Trinajstić information content (AvgIpc) is 2.71. The van der Waals surface area contributed by atoms with E-state index in [4.69, 9.17) is 0 Å². The molecule has 7 heteroatoms. The quantitative estimate of drug-likeness (QED) is 0.897. The summed E-state index contributed by atoms with van der Waals surface area (Å²) in [5.41, 5.74) is -0.0266. The molecule has 1 saturated heterocycles. The van der Waals surface area contributed by atoms with E-state index in [1.165, 1.54) is 12.4 Å². The van der Waals surface area contributed by atoms with E-state index in [9.17, 15) is 14.7 Å². The summed E-state index contributed by atoms with van der Waals surface area (Å²) in [6.07, 6.45) is 6.87. The summed E-state index contributed by atoms with van der Waals surface area (Å²) < 4.78 is 0. The Hall–Kier alpha value is -2.18. The minimum absolute atomic E-state index is 0.0266. The SMILES string of the molecule is O=C(O)c1nccnc1N1CCCN(C(=O)C2CCC2)CC1. The van der Waals surface area contributed by atoms with Gasteiger partial charge in [0.05, 0.1) is 0 Å². The third-order valence-electron chi connectivity index (χ3n) is 4.44. The first-order chi connectivity index (χ1) is 10.7. The minimum Gasteiger partial charge on any atom is -0.476 e. The Morgan fingerprint density at radius 3 is 2.50 bits per heavy atom. The molecule has 2 aliphatic rings. The fourth-order valence-electron chi connectivity index (χ4n) is 2.98. The molecule has 2 heterocycles. The van der Waals surface area contributed by atoms with Gasteiger partial charge in [-0.1, -0.05) is 6.42 Å². The monoisotopic (exact) mass is 304 g/mol. The van der Waals surface area contributed by atoms with Crippen LogP contribution in [0.5, 0.6) is 0 Å². The Bertz CT molecular complexity index is 574. The minimum atomic E-state index is -1.07. The summed E-state index contributed by atoms with van der Waals surface area (Å²) in [6, 6.07) is 0. The molecular formula is C15H20N4O3. The lowest BCUT2D eigenvalue weighted by atomic mass is 9.84. The van der Waals surface area contributed by atoms with Crippen LogP contribution in [0.25, 0.3) is 0 Å². The van der Waals surface area contributed by atoms with Gasteiger partial charge in [0.2, 0.25) is 5.91 Å². The second-order valence-corrected chi connectivity index (χ2v) is 5.83. The van der Waals surface area contributed by atoms with Crippen molar-refractivity contribution in [3.8, 4) is 0 Å². The van der Waals surface area contributed by atoms with Crippen LogP contribution < -0.4 is 4.90 Å². The van der Waals surface area contributed by atoms with E-state index < -0.39 is 5.97 Å². The van der Waals surface area contributed by atoms with Crippen LogP contribution in [0.3, 0.4) is 0 Å². The number of nitrogens with zero attached hydrogens (tertiary/aromatic N) is 4. The number of hydrogen-bond donors (Lipinski definition) is 1. The summed E-state index contributed by atoms with van der Waals surface area (Å²) >= 11 is 0. The number of anilines is 1. The van der Waals surface area contributed by atoms with Gasteiger partial charge in [0, 0.05) is 44.5 Å². The van der Waals surface area contributed by atoms with Crippen LogP contribution in [0, 0.1) is 5.92 Å². The predicted molar refractivity (Wildman–Crippen MR) is 79.7 cm³/mol. The molecule has 0 bridgehead atoms. The standard InChI is InChI=1S/C15H20N4O3/c20-14(11-3-1-4-11)19-8-2-7-18(9-10-19)13-12(15(21)22)16-5-6-17-13/h5-6,11H,1-4,7-10H2,(H,21,22). The van der Waals surface area contributed by atoms with E-state index >= 15 is 0 Å². The van der Waals surface area contributed by atoms with E-state index in [2.05, 4.69) is 9.97 Å². The lowest BCUT2D eigenvalue weighted by Crippen LogP contribution is -2.41. The first kappa shape index (κ1) is 14.7. The lowest BCUT2D eigenvalue weighted by molar-refractivity contribution is -0.137. The second-order valence-electron chi connectivity index (χ2n) is 5.83. The predicted octanol–water partition coefficient (Wildman–Crippen LogP) is 1.01. The summed E-state index contributed by atoms with van der Waals surface area (Å²) in [4.78, 5) is 35.5. The third-order valence-corrected chi connectivity index (χ3v) is 4.44. The van der Waals surface area contributed by atoms with Gasteiger partial charge in [0.25, 0.3) is 0 Å². The Labute approximate surface area is 129 Å². The molecule has 0 unspecified atom stereocenters. The number of carbonyl (C=O) groups excluding carboxylic acids is 1. The maximum Gasteiger partial charge on any atom is 0.358 e. The molecule has 1 aromatic heterocycles. The molecule has 1 aliphatic heterocycles. The van der Waals surface area contributed by atoms with Gasteiger partial charge in [-0.05, 0) is 19.3 Å². The highest BCUT2D eigenvalue weighted by Gasteiger charge is 2.31. The fourth-order valence-corrected chi connectivity index (χ4v) is 2.98. The van der Waals surface area contributed by atoms with Crippen molar-refractivity contribution < 1.29 is 14.7 Å². The van der Waals surface area contributed by atoms with Crippen LogP contribution in [0.2, 0.25) is 0 Å². The van der Waals surface area contributed by atoms with Crippen LogP contribution in [-0.4, -0.2) is 58.0 Å². The molecule has 0 radical (unpaired) electrons. The van der Waals surface area contributed by atoms with E-state index in [0.29, 0.717) is 25.5 Å². The lowest BCUT2D eigenvalue weighted by Gasteiger charge is -2.31. The van der Waals surface area contributed by atoms with Crippen molar-refractivity contribution in [3.63, 3.8) is 0 Å². The number of rotatable bonds is 3. The molecule has 1 saturated carbocycles. The van der Waals surface area contributed by atoms with Gasteiger partial charge in [-0.25, -0.2) is 14.8 Å². The molecule has 7 nitrogen and oxygen atoms in total. The zero-order valence-corrected chi connectivity index (χ0v) is 12.4. The topological polar surface area (TPSA) is 86.6 Å². The molecule has 1 N–H and O–H groups in total. The highest BCUT2D eigenvalue weighted by Crippen LogP contribution is 2.28. The zero-order chi connectivity index (χ0) is 15.5. The number of carbonyl (C=O) groups is 2. The van der Waals surface area contributed by atoms with Crippen LogP contribution >= 0.6 is 0 Å². The molecule has 118 valence electrons. The summed E-state index contributed by atoms with van der Waals surface area (Å²) in [5.74, 6) is -0.217. The van der Waals surface area contributed by atoms with Crippen LogP contribution in [-0.2, 0) is 4.79 Å². The molecule has 0 spiro atoms. The molecule has 1 aliphatic carbocycles. The van der Waals surface area contributed by atoms with Gasteiger partial charge < -0.3 is 14.9 Å². The maximum absolute atomic E-state index is 12.3. The van der Waals surface area contributed by atoms with Gasteiger partial charge in [0.1, 0.15) is 0 Å². The highest BCUT2D eigenvalue weighted by molar-refractivity contribution is 5.91. The molecule has 2 fully saturated rings. The third kappa shape index (κ3) is 2.88. The summed E-state index contributed by atoms with van der Waals surface area (Å²) in [7, 11) is 0. The Morgan fingerprint density at radius 2 is 1.82 bits per heavy atom. The molecule has 1 aromatic rings. The van der Waals surface area contributed by atoms with Crippen LogP contribution in [0.1, 0.15) is 36.2 Å². The van der Waals surface area contributed by atoms with Crippen molar-refractivity contribution >= 4 is 17.7 Å². The maximum atomic E-state index is 12.3. The van der Waals surface area contributed by atoms with Gasteiger partial charge in [-0.15, -0.1) is 0 Å². The second kappa shape index (κ2) is 6.29. The van der Waals surface area contributed by atoms with Crippen molar-refractivity contribution in [2.24, 2.45) is 5.92 Å². The number of carboxylic acid groups (broad SMARTS) is 1. The van der Waals surface area contributed by atoms with E-state index in [1.807, 2.05) is 9.80 Å². The van der Waals surface area contributed by atoms with E-state index in [-0.39, 0.29) is 17.5 Å². The van der Waals surface area contributed by atoms with E-state index in [1.54, 1.807) is 0 Å². The molecule has 3 rings (SSSR count). The van der Waals surface area contributed by atoms with Crippen molar-refractivity contribution in [2.75, 3.05) is 31.1 Å². The molecule has 0 atom stereocenters. The number of aromatic nitrogens is 2. The Morgan fingerprint density at radius 1 is 1.05 bits per heavy atom. The van der Waals surface area contributed by atoms with Crippen LogP contribution in [0.15, 0.2) is 12.4 Å². The largest absolute Gasteiger partial charge is 0.476 e. The Balaban J connectivity index is 1.70. The molecular weight excluding hydrogens is 284 g/mol. The van der Waals surface area contributed by atoms with Gasteiger partial charge >= 0.3 is 5.97 Å². The number of aromatic carboxylic acids is 1. The normalized spacial score (nSPS) is 19.5. The smallest absolute Gasteiger partial charge is 0.358 e. The molecule has 22 heavy (non-hydrogen) atoms. The van der Waals surface area contributed by atoms with Crippen molar-refractivity contribution in [1.82, 2.24) is 14.9 Å². The fraction of sp³-hybridized carbons (Fsp3) is 0.600. The van der Waals surface area contributed by atoms with E-state index in [0.717, 1.165) is 32.2 Å². The molecule has 0 aromatic carbocycles. The molecule has 1 amide bonds. The summed E-state index contributed by atoms with van der Waals surface area (Å²) in [5, 5.41) is 9.23. The van der Waals surface area contributed by atoms with Crippen molar-refractivity contribution in [3.05, 3.63) is 18.1 Å². The van der Waals surface area contributed by atoms with Crippen LogP contribution in [0.4, 0.5) is 5.82 Å². The van der Waals surface area contributed by atoms with Gasteiger partial charge in [-0.2, -0.15) is 0 Å².